The molecule has 3 rings (SSSR count). The average Bonchev–Trinajstić information content (AvgIpc) is 3.51. The van der Waals surface area contributed by atoms with Crippen LogP contribution in [-0.4, -0.2) is 29.8 Å². The summed E-state index contributed by atoms with van der Waals surface area (Å²) in [5.41, 5.74) is 7.96. The van der Waals surface area contributed by atoms with E-state index in [0.29, 0.717) is 30.9 Å². The number of rotatable bonds is 8. The number of hydrogen-bond acceptors (Lipinski definition) is 3. The Morgan fingerprint density at radius 1 is 1.07 bits per heavy atom. The van der Waals surface area contributed by atoms with Crippen LogP contribution in [0.5, 0.6) is 0 Å². The highest BCUT2D eigenvalue weighted by molar-refractivity contribution is 5.98. The van der Waals surface area contributed by atoms with Gasteiger partial charge in [-0.2, -0.15) is 0 Å². The van der Waals surface area contributed by atoms with Gasteiger partial charge in [-0.05, 0) is 49.6 Å². The van der Waals surface area contributed by atoms with Gasteiger partial charge in [-0.1, -0.05) is 36.4 Å². The Morgan fingerprint density at radius 3 is 2.48 bits per heavy atom. The number of nitrogens with two attached hydrogens (primary N) is 1. The third kappa shape index (κ3) is 6.08. The molecule has 2 aromatic carbocycles. The predicted molar refractivity (Wildman–Crippen MR) is 110 cm³/mol. The van der Waals surface area contributed by atoms with Crippen LogP contribution < -0.4 is 11.1 Å². The maximum absolute atomic E-state index is 13.0. The monoisotopic (exact) mass is 387 g/mol. The number of nitrogens with zero attached hydrogens (tertiary/aromatic N) is 1. The van der Waals surface area contributed by atoms with Gasteiger partial charge in [-0.15, -0.1) is 12.4 Å². The summed E-state index contributed by atoms with van der Waals surface area (Å²) in [5, 5.41) is 2.90. The van der Waals surface area contributed by atoms with E-state index >= 15 is 0 Å². The third-order valence-electron chi connectivity index (χ3n) is 4.46. The highest BCUT2D eigenvalue weighted by Gasteiger charge is 2.29. The van der Waals surface area contributed by atoms with Crippen molar-refractivity contribution in [1.29, 1.82) is 0 Å². The second-order valence-electron chi connectivity index (χ2n) is 6.70. The molecular formula is C21H26ClN3O2. The van der Waals surface area contributed by atoms with Crippen LogP contribution in [0.4, 0.5) is 5.69 Å². The Bertz CT molecular complexity index is 763. The highest BCUT2D eigenvalue weighted by atomic mass is 35.5. The molecule has 0 bridgehead atoms. The minimum absolute atomic E-state index is 0. The summed E-state index contributed by atoms with van der Waals surface area (Å²) in [4.78, 5) is 26.8. The Hall–Kier alpha value is -2.37. The van der Waals surface area contributed by atoms with E-state index in [2.05, 4.69) is 5.32 Å². The molecule has 3 N–H and O–H groups in total. The van der Waals surface area contributed by atoms with Crippen LogP contribution in [0, 0.1) is 5.92 Å². The number of halogens is 1. The van der Waals surface area contributed by atoms with E-state index < -0.39 is 0 Å². The topological polar surface area (TPSA) is 75.4 Å². The molecule has 0 aliphatic heterocycles. The number of benzene rings is 2. The van der Waals surface area contributed by atoms with Crippen molar-refractivity contribution >= 4 is 29.9 Å². The fraction of sp³-hybridized carbons (Fsp3) is 0.333. The molecule has 6 heteroatoms. The Labute approximate surface area is 166 Å². The molecule has 0 unspecified atom stereocenters. The second kappa shape index (κ2) is 10.1. The Morgan fingerprint density at radius 2 is 1.81 bits per heavy atom. The van der Waals surface area contributed by atoms with Crippen molar-refractivity contribution in [2.75, 3.05) is 18.4 Å². The van der Waals surface area contributed by atoms with E-state index in [4.69, 9.17) is 5.73 Å². The van der Waals surface area contributed by atoms with Crippen molar-refractivity contribution in [3.8, 4) is 0 Å². The maximum Gasteiger partial charge on any atom is 0.254 e. The number of amides is 2. The highest BCUT2D eigenvalue weighted by Crippen LogP contribution is 2.30. The fourth-order valence-electron chi connectivity index (χ4n) is 2.84. The normalized spacial score (nSPS) is 12.8. The van der Waals surface area contributed by atoms with Crippen LogP contribution in [0.2, 0.25) is 0 Å². The molecule has 1 fully saturated rings. The molecule has 0 atom stereocenters. The first-order chi connectivity index (χ1) is 12.7. The SMILES string of the molecule is Cl.NCCCN(Cc1ccccc1)C(=O)c1cccc(NC(=O)C2CC2)c1. The largest absolute Gasteiger partial charge is 0.334 e. The quantitative estimate of drug-likeness (QED) is 0.728. The van der Waals surface area contributed by atoms with Gasteiger partial charge in [0, 0.05) is 30.3 Å². The lowest BCUT2D eigenvalue weighted by molar-refractivity contribution is -0.117. The zero-order valence-electron chi connectivity index (χ0n) is 15.3. The van der Waals surface area contributed by atoms with Gasteiger partial charge in [0.25, 0.3) is 5.91 Å². The van der Waals surface area contributed by atoms with Crippen LogP contribution in [0.1, 0.15) is 35.2 Å². The van der Waals surface area contributed by atoms with Crippen molar-refractivity contribution in [3.05, 3.63) is 65.7 Å². The van der Waals surface area contributed by atoms with Gasteiger partial charge in [-0.25, -0.2) is 0 Å². The van der Waals surface area contributed by atoms with Gasteiger partial charge in [0.05, 0.1) is 0 Å². The summed E-state index contributed by atoms with van der Waals surface area (Å²) in [5.74, 6) is 0.122. The number of anilines is 1. The predicted octanol–water partition coefficient (Wildman–Crippen LogP) is 3.45. The summed E-state index contributed by atoms with van der Waals surface area (Å²) >= 11 is 0. The van der Waals surface area contributed by atoms with E-state index in [1.807, 2.05) is 41.3 Å². The van der Waals surface area contributed by atoms with Crippen molar-refractivity contribution in [2.24, 2.45) is 11.7 Å². The van der Waals surface area contributed by atoms with Gasteiger partial charge in [-0.3, -0.25) is 9.59 Å². The number of nitrogens with one attached hydrogen (secondary N) is 1. The van der Waals surface area contributed by atoms with Gasteiger partial charge in [0.2, 0.25) is 5.91 Å². The van der Waals surface area contributed by atoms with Crippen molar-refractivity contribution in [2.45, 2.75) is 25.8 Å². The Kier molecular flexibility index (Phi) is 7.82. The summed E-state index contributed by atoms with van der Waals surface area (Å²) in [6.07, 6.45) is 2.65. The molecule has 1 saturated carbocycles. The smallest absolute Gasteiger partial charge is 0.254 e. The Balaban J connectivity index is 0.00000261. The molecule has 0 aromatic heterocycles. The van der Waals surface area contributed by atoms with Gasteiger partial charge in [0.1, 0.15) is 0 Å². The van der Waals surface area contributed by atoms with Crippen LogP contribution in [0.3, 0.4) is 0 Å². The molecule has 0 saturated heterocycles. The zero-order chi connectivity index (χ0) is 18.4. The van der Waals surface area contributed by atoms with Crippen LogP contribution in [-0.2, 0) is 11.3 Å². The lowest BCUT2D eigenvalue weighted by Crippen LogP contribution is -2.32. The molecule has 0 spiro atoms. The van der Waals surface area contributed by atoms with Crippen LogP contribution >= 0.6 is 12.4 Å². The molecule has 1 aliphatic rings. The second-order valence-corrected chi connectivity index (χ2v) is 6.70. The number of carbonyl (C=O) groups is 2. The van der Waals surface area contributed by atoms with Gasteiger partial charge in [0.15, 0.2) is 0 Å². The summed E-state index contributed by atoms with van der Waals surface area (Å²) in [7, 11) is 0. The minimum atomic E-state index is -0.0511. The molecular weight excluding hydrogens is 362 g/mol. The zero-order valence-corrected chi connectivity index (χ0v) is 16.1. The summed E-state index contributed by atoms with van der Waals surface area (Å²) in [6.45, 7) is 1.68. The molecule has 5 nitrogen and oxygen atoms in total. The van der Waals surface area contributed by atoms with E-state index in [1.54, 1.807) is 18.2 Å². The van der Waals surface area contributed by atoms with Gasteiger partial charge < -0.3 is 16.0 Å². The first-order valence-corrected chi connectivity index (χ1v) is 9.11. The van der Waals surface area contributed by atoms with E-state index in [0.717, 1.165) is 24.8 Å². The molecule has 2 amide bonds. The molecule has 0 heterocycles. The average molecular weight is 388 g/mol. The molecule has 1 aliphatic carbocycles. The van der Waals surface area contributed by atoms with Crippen LogP contribution in [0.25, 0.3) is 0 Å². The van der Waals surface area contributed by atoms with E-state index in [-0.39, 0.29) is 30.1 Å². The minimum Gasteiger partial charge on any atom is -0.334 e. The lowest BCUT2D eigenvalue weighted by atomic mass is 10.1. The van der Waals surface area contributed by atoms with Crippen molar-refractivity contribution in [1.82, 2.24) is 4.90 Å². The number of hydrogen-bond donors (Lipinski definition) is 2. The maximum atomic E-state index is 13.0. The van der Waals surface area contributed by atoms with E-state index in [9.17, 15) is 9.59 Å². The summed E-state index contributed by atoms with van der Waals surface area (Å²) in [6, 6.07) is 17.1. The third-order valence-corrected chi connectivity index (χ3v) is 4.46. The molecule has 144 valence electrons. The standard InChI is InChI=1S/C21H25N3O2.ClH/c22-12-5-13-24(15-16-6-2-1-3-7-16)21(26)18-8-4-9-19(14-18)23-20(25)17-10-11-17;/h1-4,6-9,14,17H,5,10-13,15,22H2,(H,23,25);1H. The first-order valence-electron chi connectivity index (χ1n) is 9.11. The van der Waals surface area contributed by atoms with Crippen molar-refractivity contribution < 1.29 is 9.59 Å². The van der Waals surface area contributed by atoms with Crippen LogP contribution in [0.15, 0.2) is 54.6 Å². The molecule has 2 aromatic rings. The first kappa shape index (κ1) is 20.9. The molecule has 0 radical (unpaired) electrons. The van der Waals surface area contributed by atoms with Gasteiger partial charge >= 0.3 is 0 Å². The molecule has 27 heavy (non-hydrogen) atoms. The number of carbonyl (C=O) groups excluding carboxylic acids is 2. The van der Waals surface area contributed by atoms with E-state index in [1.165, 1.54) is 0 Å². The summed E-state index contributed by atoms with van der Waals surface area (Å²) < 4.78 is 0. The van der Waals surface area contributed by atoms with Crippen molar-refractivity contribution in [3.63, 3.8) is 0 Å². The lowest BCUT2D eigenvalue weighted by Gasteiger charge is -2.23. The fourth-order valence-corrected chi connectivity index (χ4v) is 2.84.